The van der Waals surface area contributed by atoms with Gasteiger partial charge < -0.3 is 10.4 Å². The summed E-state index contributed by atoms with van der Waals surface area (Å²) in [7, 11) is 0. The number of rotatable bonds is 4. The van der Waals surface area contributed by atoms with Crippen molar-refractivity contribution >= 4 is 22.9 Å². The van der Waals surface area contributed by atoms with Crippen molar-refractivity contribution in [3.63, 3.8) is 0 Å². The average molecular weight is 220 g/mol. The summed E-state index contributed by atoms with van der Waals surface area (Å²) in [5.74, 6) is 0. The maximum atomic E-state index is 8.85. The zero-order chi connectivity index (χ0) is 9.84. The van der Waals surface area contributed by atoms with E-state index in [4.69, 9.17) is 16.7 Å². The molecular weight excluding hydrogens is 206 g/mol. The number of hydrogen-bond acceptors (Lipinski definition) is 3. The number of aliphatic hydroxyl groups excluding tert-OH is 1. The molecule has 0 aliphatic carbocycles. The molecule has 1 aromatic heterocycles. The third kappa shape index (κ3) is 3.27. The van der Waals surface area contributed by atoms with Crippen molar-refractivity contribution < 1.29 is 5.11 Å². The van der Waals surface area contributed by atoms with Gasteiger partial charge in [-0.05, 0) is 30.9 Å². The molecule has 0 spiro atoms. The van der Waals surface area contributed by atoms with Gasteiger partial charge in [0.05, 0.1) is 10.9 Å². The molecule has 2 unspecified atom stereocenters. The molecule has 0 saturated carbocycles. The number of aliphatic hydroxyl groups is 1. The lowest BCUT2D eigenvalue weighted by Gasteiger charge is -2.16. The summed E-state index contributed by atoms with van der Waals surface area (Å²) in [4.78, 5) is 0. The van der Waals surface area contributed by atoms with Gasteiger partial charge in [0.25, 0.3) is 0 Å². The molecule has 2 atom stereocenters. The molecule has 13 heavy (non-hydrogen) atoms. The number of halogens is 1. The van der Waals surface area contributed by atoms with E-state index in [1.807, 2.05) is 18.4 Å². The molecule has 0 aromatic carbocycles. The summed E-state index contributed by atoms with van der Waals surface area (Å²) >= 11 is 7.35. The molecule has 2 N–H and O–H groups in total. The number of thiophene rings is 1. The molecule has 0 bridgehead atoms. The van der Waals surface area contributed by atoms with E-state index in [0.717, 1.165) is 4.34 Å². The van der Waals surface area contributed by atoms with Gasteiger partial charge in [0.2, 0.25) is 0 Å². The normalized spacial score (nSPS) is 15.7. The van der Waals surface area contributed by atoms with Crippen molar-refractivity contribution in [2.24, 2.45) is 0 Å². The minimum absolute atomic E-state index is 0.119. The highest BCUT2D eigenvalue weighted by molar-refractivity contribution is 7.14. The molecule has 0 radical (unpaired) electrons. The molecule has 4 heteroatoms. The Labute approximate surface area is 87.5 Å². The van der Waals surface area contributed by atoms with Crippen molar-refractivity contribution in [3.8, 4) is 0 Å². The van der Waals surface area contributed by atoms with Crippen molar-refractivity contribution in [1.82, 2.24) is 5.32 Å². The topological polar surface area (TPSA) is 32.3 Å². The van der Waals surface area contributed by atoms with Crippen LogP contribution in [0.5, 0.6) is 0 Å². The average Bonchev–Trinajstić information content (AvgIpc) is 2.51. The second-order valence-electron chi connectivity index (χ2n) is 3.16. The molecule has 2 nitrogen and oxygen atoms in total. The van der Waals surface area contributed by atoms with Crippen LogP contribution in [0.2, 0.25) is 4.34 Å². The first kappa shape index (κ1) is 11.0. The van der Waals surface area contributed by atoms with Crippen LogP contribution in [0.4, 0.5) is 0 Å². The van der Waals surface area contributed by atoms with E-state index in [9.17, 15) is 0 Å². The first-order chi connectivity index (χ1) is 6.13. The number of hydrogen-bond donors (Lipinski definition) is 2. The lowest BCUT2D eigenvalue weighted by atomic mass is 10.1. The maximum Gasteiger partial charge on any atom is 0.0931 e. The molecule has 74 valence electrons. The molecule has 0 saturated heterocycles. The van der Waals surface area contributed by atoms with Crippen molar-refractivity contribution in [1.29, 1.82) is 0 Å². The third-order valence-electron chi connectivity index (χ3n) is 1.90. The second kappa shape index (κ2) is 4.96. The smallest absolute Gasteiger partial charge is 0.0931 e. The Balaban J connectivity index is 2.53. The third-order valence-corrected chi connectivity index (χ3v) is 3.01. The van der Waals surface area contributed by atoms with Crippen LogP contribution < -0.4 is 5.32 Å². The van der Waals surface area contributed by atoms with E-state index < -0.39 is 0 Å². The Morgan fingerprint density at radius 3 is 2.77 bits per heavy atom. The van der Waals surface area contributed by atoms with E-state index in [1.165, 1.54) is 16.9 Å². The van der Waals surface area contributed by atoms with Crippen LogP contribution >= 0.6 is 22.9 Å². The van der Waals surface area contributed by atoms with E-state index >= 15 is 0 Å². The van der Waals surface area contributed by atoms with Crippen molar-refractivity contribution in [3.05, 3.63) is 21.3 Å². The highest BCUT2D eigenvalue weighted by atomic mass is 35.5. The molecule has 0 amide bonds. The van der Waals surface area contributed by atoms with E-state index in [-0.39, 0.29) is 18.7 Å². The number of nitrogens with one attached hydrogen (secondary N) is 1. The fourth-order valence-corrected chi connectivity index (χ4v) is 2.11. The highest BCUT2D eigenvalue weighted by Crippen LogP contribution is 2.24. The zero-order valence-electron chi connectivity index (χ0n) is 7.75. The van der Waals surface area contributed by atoms with E-state index in [1.54, 1.807) is 0 Å². The van der Waals surface area contributed by atoms with Crippen LogP contribution in [0.1, 0.15) is 25.5 Å². The van der Waals surface area contributed by atoms with Gasteiger partial charge in [0.15, 0.2) is 0 Å². The van der Waals surface area contributed by atoms with Crippen LogP contribution in [0.15, 0.2) is 11.4 Å². The Hall–Kier alpha value is -0.0900. The summed E-state index contributed by atoms with van der Waals surface area (Å²) in [6, 6.07) is 2.31. The fourth-order valence-electron chi connectivity index (χ4n) is 1.13. The van der Waals surface area contributed by atoms with Gasteiger partial charge in [-0.2, -0.15) is 0 Å². The summed E-state index contributed by atoms with van der Waals surface area (Å²) in [6.45, 7) is 4.16. The SMILES string of the molecule is CC(CO)NC(C)c1csc(Cl)c1. The predicted octanol–water partition coefficient (Wildman–Crippen LogP) is 2.43. The van der Waals surface area contributed by atoms with Gasteiger partial charge in [-0.1, -0.05) is 11.6 Å². The maximum absolute atomic E-state index is 8.85. The summed E-state index contributed by atoms with van der Waals surface area (Å²) < 4.78 is 0.806. The lowest BCUT2D eigenvalue weighted by Crippen LogP contribution is -2.31. The van der Waals surface area contributed by atoms with Gasteiger partial charge in [-0.3, -0.25) is 0 Å². The first-order valence-corrected chi connectivity index (χ1v) is 5.50. The molecule has 1 rings (SSSR count). The molecule has 0 aliphatic rings. The van der Waals surface area contributed by atoms with E-state index in [2.05, 4.69) is 12.2 Å². The minimum Gasteiger partial charge on any atom is -0.395 e. The Morgan fingerprint density at radius 1 is 1.62 bits per heavy atom. The zero-order valence-corrected chi connectivity index (χ0v) is 9.32. The van der Waals surface area contributed by atoms with Crippen LogP contribution in [0.25, 0.3) is 0 Å². The molecule has 0 aliphatic heterocycles. The summed E-state index contributed by atoms with van der Waals surface area (Å²) in [5, 5.41) is 14.1. The first-order valence-electron chi connectivity index (χ1n) is 4.24. The van der Waals surface area contributed by atoms with Crippen LogP contribution in [0, 0.1) is 0 Å². The van der Waals surface area contributed by atoms with E-state index in [0.29, 0.717) is 0 Å². The summed E-state index contributed by atoms with van der Waals surface area (Å²) in [6.07, 6.45) is 0. The van der Waals surface area contributed by atoms with Gasteiger partial charge in [-0.15, -0.1) is 11.3 Å². The van der Waals surface area contributed by atoms with Crippen LogP contribution in [-0.4, -0.2) is 17.8 Å². The molecule has 1 heterocycles. The predicted molar refractivity (Wildman–Crippen MR) is 57.4 cm³/mol. The van der Waals surface area contributed by atoms with Gasteiger partial charge in [0, 0.05) is 12.1 Å². The Bertz CT molecular complexity index is 264. The van der Waals surface area contributed by atoms with Gasteiger partial charge in [0.1, 0.15) is 0 Å². The second-order valence-corrected chi connectivity index (χ2v) is 4.70. The molecule has 1 aromatic rings. The molecular formula is C9H14ClNOS. The minimum atomic E-state index is 0.119. The fraction of sp³-hybridized carbons (Fsp3) is 0.556. The van der Waals surface area contributed by atoms with Crippen molar-refractivity contribution in [2.45, 2.75) is 25.9 Å². The largest absolute Gasteiger partial charge is 0.395 e. The summed E-state index contributed by atoms with van der Waals surface area (Å²) in [5.41, 5.74) is 1.18. The Kier molecular flexibility index (Phi) is 4.19. The molecule has 0 fully saturated rings. The Morgan fingerprint density at radius 2 is 2.31 bits per heavy atom. The lowest BCUT2D eigenvalue weighted by molar-refractivity contribution is 0.243. The van der Waals surface area contributed by atoms with Crippen molar-refractivity contribution in [2.75, 3.05) is 6.61 Å². The standard InChI is InChI=1S/C9H14ClNOS/c1-6(4-12)11-7(2)8-3-9(10)13-5-8/h3,5-7,11-12H,4H2,1-2H3. The van der Waals surface area contributed by atoms with Crippen LogP contribution in [0.3, 0.4) is 0 Å². The highest BCUT2D eigenvalue weighted by Gasteiger charge is 2.09. The van der Waals surface area contributed by atoms with Gasteiger partial charge >= 0.3 is 0 Å². The monoisotopic (exact) mass is 219 g/mol. The quantitative estimate of drug-likeness (QED) is 0.816. The van der Waals surface area contributed by atoms with Gasteiger partial charge in [-0.25, -0.2) is 0 Å². The van der Waals surface area contributed by atoms with Crippen LogP contribution in [-0.2, 0) is 0 Å².